The molecule has 1 aromatic carbocycles. The van der Waals surface area contributed by atoms with E-state index in [1.54, 1.807) is 0 Å². The summed E-state index contributed by atoms with van der Waals surface area (Å²) in [5.41, 5.74) is 0. The Morgan fingerprint density at radius 3 is 2.19 bits per heavy atom. The highest BCUT2D eigenvalue weighted by molar-refractivity contribution is 5.79. The first-order chi connectivity index (χ1) is 15.0. The van der Waals surface area contributed by atoms with Gasteiger partial charge in [-0.3, -0.25) is 4.79 Å². The van der Waals surface area contributed by atoms with Crippen LogP contribution in [-0.4, -0.2) is 42.6 Å². The molecule has 1 aliphatic heterocycles. The number of benzene rings is 1. The van der Waals surface area contributed by atoms with Gasteiger partial charge < -0.3 is 15.0 Å². The van der Waals surface area contributed by atoms with E-state index in [9.17, 15) is 18.0 Å². The number of ether oxygens (including phenoxy) is 1. The third-order valence-corrected chi connectivity index (χ3v) is 7.30. The molecule has 4 nitrogen and oxygen atoms in total. The minimum absolute atomic E-state index is 0.250. The van der Waals surface area contributed by atoms with Gasteiger partial charge >= 0.3 is 0 Å². The summed E-state index contributed by atoms with van der Waals surface area (Å²) in [4.78, 5) is 14.5. The summed E-state index contributed by atoms with van der Waals surface area (Å²) in [5, 5.41) is 3.25. The van der Waals surface area contributed by atoms with E-state index in [0.717, 1.165) is 64.6 Å². The van der Waals surface area contributed by atoms with Crippen LogP contribution in [0.15, 0.2) is 12.1 Å². The van der Waals surface area contributed by atoms with E-state index in [0.29, 0.717) is 36.9 Å². The van der Waals surface area contributed by atoms with E-state index in [2.05, 4.69) is 10.2 Å². The van der Waals surface area contributed by atoms with E-state index in [1.807, 2.05) is 0 Å². The van der Waals surface area contributed by atoms with Crippen molar-refractivity contribution in [2.24, 2.45) is 11.8 Å². The van der Waals surface area contributed by atoms with Gasteiger partial charge in [0.05, 0.1) is 0 Å². The van der Waals surface area contributed by atoms with Gasteiger partial charge in [0.2, 0.25) is 5.91 Å². The molecule has 0 aromatic heterocycles. The fourth-order valence-electron chi connectivity index (χ4n) is 5.01. The van der Waals surface area contributed by atoms with Gasteiger partial charge in [0, 0.05) is 37.2 Å². The van der Waals surface area contributed by atoms with Crippen molar-refractivity contribution in [3.05, 3.63) is 29.6 Å². The Balaban J connectivity index is 1.12. The molecule has 0 unspecified atom stereocenters. The zero-order chi connectivity index (χ0) is 21.8. The summed E-state index contributed by atoms with van der Waals surface area (Å²) in [6.07, 6.45) is 10.1. The monoisotopic (exact) mass is 438 g/mol. The lowest BCUT2D eigenvalue weighted by Crippen LogP contribution is -2.43. The lowest BCUT2D eigenvalue weighted by atomic mass is 9.82. The average molecular weight is 439 g/mol. The van der Waals surface area contributed by atoms with Crippen LogP contribution in [-0.2, 0) is 4.79 Å². The first kappa shape index (κ1) is 22.4. The number of carbonyl (C=O) groups excluding carboxylic acids is 1. The van der Waals surface area contributed by atoms with Crippen LogP contribution in [0.3, 0.4) is 0 Å². The fourth-order valence-corrected chi connectivity index (χ4v) is 5.01. The Morgan fingerprint density at radius 2 is 1.61 bits per heavy atom. The topological polar surface area (TPSA) is 41.6 Å². The third kappa shape index (κ3) is 5.93. The third-order valence-electron chi connectivity index (χ3n) is 7.30. The van der Waals surface area contributed by atoms with Gasteiger partial charge in [-0.05, 0) is 70.3 Å². The number of carbonyl (C=O) groups is 1. The number of amides is 1. The van der Waals surface area contributed by atoms with Gasteiger partial charge in [-0.2, -0.15) is 0 Å². The van der Waals surface area contributed by atoms with Crippen molar-refractivity contribution in [2.75, 3.05) is 19.6 Å². The molecular formula is C24H33F3N2O2. The predicted molar refractivity (Wildman–Crippen MR) is 112 cm³/mol. The minimum atomic E-state index is -0.987. The van der Waals surface area contributed by atoms with Crippen LogP contribution < -0.4 is 10.1 Å². The second-order valence-electron chi connectivity index (χ2n) is 9.50. The van der Waals surface area contributed by atoms with Crippen LogP contribution in [0, 0.1) is 29.3 Å². The van der Waals surface area contributed by atoms with E-state index in [-0.39, 0.29) is 17.9 Å². The molecule has 31 heavy (non-hydrogen) atoms. The van der Waals surface area contributed by atoms with Crippen molar-refractivity contribution in [1.82, 2.24) is 10.2 Å². The largest absolute Gasteiger partial charge is 0.484 e. The Labute approximate surface area is 182 Å². The zero-order valence-corrected chi connectivity index (χ0v) is 18.1. The molecule has 0 atom stereocenters. The Hall–Kier alpha value is -1.76. The SMILES string of the molecule is O=C(N[C@H]1CC[C@H](CCN2CCC(Oc3c(F)cc(F)cc3F)CC2)CC1)C1CCC1. The Kier molecular flexibility index (Phi) is 7.41. The lowest BCUT2D eigenvalue weighted by Gasteiger charge is -2.35. The summed E-state index contributed by atoms with van der Waals surface area (Å²) in [5.74, 6) is -2.15. The molecular weight excluding hydrogens is 405 g/mol. The molecule has 3 aliphatic rings. The number of nitrogens with one attached hydrogen (secondary N) is 1. The summed E-state index contributed by atoms with van der Waals surface area (Å²) in [7, 11) is 0. The van der Waals surface area contributed by atoms with Crippen LogP contribution in [0.25, 0.3) is 0 Å². The summed E-state index contributed by atoms with van der Waals surface area (Å²) in [6.45, 7) is 2.69. The molecule has 1 amide bonds. The van der Waals surface area contributed by atoms with E-state index in [1.165, 1.54) is 6.42 Å². The zero-order valence-electron chi connectivity index (χ0n) is 18.1. The molecule has 0 radical (unpaired) electrons. The van der Waals surface area contributed by atoms with Crippen molar-refractivity contribution < 1.29 is 22.7 Å². The summed E-state index contributed by atoms with van der Waals surface area (Å²) < 4.78 is 46.1. The van der Waals surface area contributed by atoms with Crippen LogP contribution >= 0.6 is 0 Å². The number of hydrogen-bond donors (Lipinski definition) is 1. The quantitative estimate of drug-likeness (QED) is 0.664. The van der Waals surface area contributed by atoms with Gasteiger partial charge in [0.1, 0.15) is 11.9 Å². The Bertz CT molecular complexity index is 732. The van der Waals surface area contributed by atoms with Gasteiger partial charge in [0.25, 0.3) is 0 Å². The van der Waals surface area contributed by atoms with E-state index < -0.39 is 23.2 Å². The molecule has 1 heterocycles. The molecule has 4 rings (SSSR count). The minimum Gasteiger partial charge on any atom is -0.484 e. The molecule has 7 heteroatoms. The van der Waals surface area contributed by atoms with Crippen LogP contribution in [0.5, 0.6) is 5.75 Å². The molecule has 1 N–H and O–H groups in total. The lowest BCUT2D eigenvalue weighted by molar-refractivity contribution is -0.128. The first-order valence-corrected chi connectivity index (χ1v) is 11.8. The summed E-state index contributed by atoms with van der Waals surface area (Å²) in [6, 6.07) is 1.66. The molecule has 1 aromatic rings. The molecule has 1 saturated heterocycles. The highest BCUT2D eigenvalue weighted by atomic mass is 19.1. The van der Waals surface area contributed by atoms with Crippen LogP contribution in [0.2, 0.25) is 0 Å². The van der Waals surface area contributed by atoms with Gasteiger partial charge in [-0.1, -0.05) is 6.42 Å². The normalized spacial score (nSPS) is 25.8. The molecule has 172 valence electrons. The highest BCUT2D eigenvalue weighted by Gasteiger charge is 2.29. The maximum atomic E-state index is 13.8. The van der Waals surface area contributed by atoms with Crippen molar-refractivity contribution >= 4 is 5.91 Å². The van der Waals surface area contributed by atoms with Crippen molar-refractivity contribution in [2.45, 2.75) is 76.4 Å². The number of nitrogens with zero attached hydrogens (tertiary/aromatic N) is 1. The van der Waals surface area contributed by atoms with Gasteiger partial charge in [-0.25, -0.2) is 13.2 Å². The molecule has 2 saturated carbocycles. The Morgan fingerprint density at radius 1 is 0.968 bits per heavy atom. The second-order valence-corrected chi connectivity index (χ2v) is 9.50. The molecule has 3 fully saturated rings. The second kappa shape index (κ2) is 10.2. The van der Waals surface area contributed by atoms with Crippen LogP contribution in [0.1, 0.15) is 64.2 Å². The van der Waals surface area contributed by atoms with E-state index >= 15 is 0 Å². The number of piperidine rings is 1. The highest BCUT2D eigenvalue weighted by Crippen LogP contribution is 2.31. The number of hydrogen-bond acceptors (Lipinski definition) is 3. The average Bonchev–Trinajstić information content (AvgIpc) is 2.70. The summed E-state index contributed by atoms with van der Waals surface area (Å²) >= 11 is 0. The molecule has 0 spiro atoms. The van der Waals surface area contributed by atoms with Crippen molar-refractivity contribution in [3.63, 3.8) is 0 Å². The number of likely N-dealkylation sites (tertiary alicyclic amines) is 1. The maximum Gasteiger partial charge on any atom is 0.223 e. The fraction of sp³-hybridized carbons (Fsp3) is 0.708. The van der Waals surface area contributed by atoms with Gasteiger partial charge in [0.15, 0.2) is 17.4 Å². The van der Waals surface area contributed by atoms with Gasteiger partial charge in [-0.15, -0.1) is 0 Å². The molecule has 0 bridgehead atoms. The maximum absolute atomic E-state index is 13.8. The number of rotatable bonds is 7. The van der Waals surface area contributed by atoms with Crippen molar-refractivity contribution in [3.8, 4) is 5.75 Å². The van der Waals surface area contributed by atoms with E-state index in [4.69, 9.17) is 4.74 Å². The molecule has 2 aliphatic carbocycles. The van der Waals surface area contributed by atoms with Crippen LogP contribution in [0.4, 0.5) is 13.2 Å². The number of halogens is 3. The standard InChI is InChI=1S/C24H33F3N2O2/c25-18-14-21(26)23(22(27)15-18)31-20-9-12-29(13-10-20)11-8-16-4-6-19(7-5-16)28-24(30)17-2-1-3-17/h14-17,19-20H,1-13H2,(H,28,30)/t16-,19-. The smallest absolute Gasteiger partial charge is 0.223 e. The van der Waals surface area contributed by atoms with Crippen molar-refractivity contribution in [1.29, 1.82) is 0 Å². The first-order valence-electron chi connectivity index (χ1n) is 11.8. The predicted octanol–water partition coefficient (Wildman–Crippen LogP) is 4.81.